The van der Waals surface area contributed by atoms with Gasteiger partial charge in [-0.3, -0.25) is 4.79 Å². The lowest BCUT2D eigenvalue weighted by Crippen LogP contribution is -1.99. The lowest BCUT2D eigenvalue weighted by molar-refractivity contribution is -0.136. The Hall–Kier alpha value is -2.87. The molecule has 0 fully saturated rings. The first-order valence-corrected chi connectivity index (χ1v) is 8.09. The number of rotatable bonds is 4. The Bertz CT molecular complexity index is 665. The molecule has 0 aromatic heterocycles. The van der Waals surface area contributed by atoms with Crippen LogP contribution >= 0.6 is 0 Å². The Morgan fingerprint density at radius 2 is 1.48 bits per heavy atom. The second-order valence-corrected chi connectivity index (χ2v) is 5.56. The maximum absolute atomic E-state index is 10.3. The predicted molar refractivity (Wildman–Crippen MR) is 108 cm³/mol. The van der Waals surface area contributed by atoms with Gasteiger partial charge in [-0.15, -0.1) is 0 Å². The van der Waals surface area contributed by atoms with Crippen LogP contribution in [0.25, 0.3) is 0 Å². The summed E-state index contributed by atoms with van der Waals surface area (Å²) < 4.78 is 0. The molecule has 0 atom stereocenters. The van der Waals surface area contributed by atoms with Crippen molar-refractivity contribution in [3.05, 3.63) is 108 Å². The van der Waals surface area contributed by atoms with Crippen LogP contribution in [0.15, 0.2) is 91.6 Å². The highest BCUT2D eigenvalue weighted by atomic mass is 16.4. The minimum absolute atomic E-state index is 0.111. The molecule has 0 aliphatic heterocycles. The summed E-state index contributed by atoms with van der Waals surface area (Å²) in [6.07, 6.45) is 5.56. The van der Waals surface area contributed by atoms with Gasteiger partial charge in [-0.1, -0.05) is 103 Å². The van der Waals surface area contributed by atoms with Crippen molar-refractivity contribution in [1.29, 1.82) is 0 Å². The topological polar surface area (TPSA) is 37.3 Å². The second-order valence-electron chi connectivity index (χ2n) is 5.56. The van der Waals surface area contributed by atoms with Gasteiger partial charge >= 0.3 is 5.97 Å². The smallest absolute Gasteiger partial charge is 0.307 e. The molecule has 0 bridgehead atoms. The van der Waals surface area contributed by atoms with Gasteiger partial charge in [0.2, 0.25) is 0 Å². The number of carboxylic acids is 1. The summed E-state index contributed by atoms with van der Waals surface area (Å²) in [5, 5.41) is 8.44. The van der Waals surface area contributed by atoms with Crippen LogP contribution in [0, 0.1) is 13.8 Å². The average molecular weight is 336 g/mol. The first-order valence-electron chi connectivity index (χ1n) is 8.09. The zero-order valence-corrected chi connectivity index (χ0v) is 15.4. The molecule has 2 heteroatoms. The Kier molecular flexibility index (Phi) is 12.0. The first-order chi connectivity index (χ1) is 11.9. The molecular formula is C23H28O2. The summed E-state index contributed by atoms with van der Waals surface area (Å²) in [4.78, 5) is 10.3. The Labute approximate surface area is 151 Å². The van der Waals surface area contributed by atoms with Crippen molar-refractivity contribution in [3.8, 4) is 0 Å². The molecule has 2 aromatic rings. The number of aryl methyl sites for hydroxylation is 2. The van der Waals surface area contributed by atoms with E-state index in [1.54, 1.807) is 12.2 Å². The lowest BCUT2D eigenvalue weighted by atomic mass is 10.1. The van der Waals surface area contributed by atoms with Gasteiger partial charge in [0.25, 0.3) is 0 Å². The largest absolute Gasteiger partial charge is 0.481 e. The molecule has 0 aliphatic carbocycles. The zero-order valence-electron chi connectivity index (χ0n) is 15.4. The molecule has 2 rings (SSSR count). The highest BCUT2D eigenvalue weighted by Gasteiger charge is 1.97. The number of hydrogen-bond acceptors (Lipinski definition) is 1. The van der Waals surface area contributed by atoms with E-state index in [0.29, 0.717) is 0 Å². The molecule has 0 amide bonds. The molecule has 2 aromatic carbocycles. The molecule has 0 aliphatic rings. The third-order valence-electron chi connectivity index (χ3n) is 3.12. The number of allylic oxidation sites excluding steroid dienone is 4. The van der Waals surface area contributed by atoms with Crippen LogP contribution in [-0.4, -0.2) is 11.1 Å². The number of hydrogen-bond donors (Lipinski definition) is 1. The molecule has 0 heterocycles. The normalized spacial score (nSPS) is 9.64. The highest BCUT2D eigenvalue weighted by Crippen LogP contribution is 2.03. The summed E-state index contributed by atoms with van der Waals surface area (Å²) >= 11 is 0. The van der Waals surface area contributed by atoms with Gasteiger partial charge in [0, 0.05) is 0 Å². The van der Waals surface area contributed by atoms with Crippen LogP contribution in [0.1, 0.15) is 23.6 Å². The first kappa shape index (κ1) is 22.1. The molecular weight excluding hydrogens is 308 g/mol. The van der Waals surface area contributed by atoms with Crippen LogP contribution in [0.3, 0.4) is 0 Å². The third kappa shape index (κ3) is 13.3. The van der Waals surface area contributed by atoms with Crippen LogP contribution < -0.4 is 0 Å². The molecule has 2 nitrogen and oxygen atoms in total. The summed E-state index contributed by atoms with van der Waals surface area (Å²) in [6, 6.07) is 17.8. The molecule has 0 saturated heterocycles. The van der Waals surface area contributed by atoms with Gasteiger partial charge in [0.15, 0.2) is 0 Å². The molecule has 1 N–H and O–H groups in total. The quantitative estimate of drug-likeness (QED) is 0.703. The van der Waals surface area contributed by atoms with Gasteiger partial charge in [-0.2, -0.15) is 0 Å². The van der Waals surface area contributed by atoms with Crippen molar-refractivity contribution in [1.82, 2.24) is 0 Å². The average Bonchev–Trinajstić information content (AvgIpc) is 2.58. The van der Waals surface area contributed by atoms with Crippen molar-refractivity contribution in [3.63, 3.8) is 0 Å². The van der Waals surface area contributed by atoms with Crippen LogP contribution in [0.2, 0.25) is 0 Å². The summed E-state index contributed by atoms with van der Waals surface area (Å²) in [5.41, 5.74) is 4.47. The van der Waals surface area contributed by atoms with Crippen molar-refractivity contribution in [2.75, 3.05) is 0 Å². The number of carbonyl (C=O) groups is 1. The van der Waals surface area contributed by atoms with E-state index in [4.69, 9.17) is 5.11 Å². The Balaban J connectivity index is 0.000000362. The van der Waals surface area contributed by atoms with Crippen LogP contribution in [0.5, 0.6) is 0 Å². The fraction of sp³-hybridized carbons (Fsp3) is 0.174. The van der Waals surface area contributed by atoms with Crippen molar-refractivity contribution in [2.45, 2.75) is 27.2 Å². The van der Waals surface area contributed by atoms with E-state index in [9.17, 15) is 4.79 Å². The SMILES string of the molecule is C=C/C=C(/C)C=C.Cc1ccc(CC(=O)O)cc1.Cc1ccccc1. The van der Waals surface area contributed by atoms with Crippen LogP contribution in [0.4, 0.5) is 0 Å². The maximum Gasteiger partial charge on any atom is 0.307 e. The maximum atomic E-state index is 10.3. The monoisotopic (exact) mass is 336 g/mol. The molecule has 25 heavy (non-hydrogen) atoms. The van der Waals surface area contributed by atoms with Gasteiger partial charge in [-0.25, -0.2) is 0 Å². The van der Waals surface area contributed by atoms with Gasteiger partial charge in [0.05, 0.1) is 6.42 Å². The predicted octanol–water partition coefficient (Wildman–Crippen LogP) is 5.92. The standard InChI is InChI=1S/C9H10O2.C7H8.C7H10/c1-7-2-4-8(5-3-7)6-9(10)11;1-7-5-3-2-4-6-7;1-4-6-7(3)5-2/h2-5H,6H2,1H3,(H,10,11);2-6H,1H3;4-6H,1-2H2,3H3/b;;7-6-. The summed E-state index contributed by atoms with van der Waals surface area (Å²) in [5.74, 6) is -0.783. The van der Waals surface area contributed by atoms with Crippen LogP contribution in [-0.2, 0) is 11.2 Å². The molecule has 132 valence electrons. The minimum Gasteiger partial charge on any atom is -0.481 e. The van der Waals surface area contributed by atoms with Crippen molar-refractivity contribution >= 4 is 5.97 Å². The molecule has 0 saturated carbocycles. The van der Waals surface area contributed by atoms with Gasteiger partial charge in [-0.05, 0) is 26.3 Å². The van der Waals surface area contributed by atoms with E-state index < -0.39 is 5.97 Å². The number of aliphatic carboxylic acids is 1. The van der Waals surface area contributed by atoms with E-state index >= 15 is 0 Å². The fourth-order valence-electron chi connectivity index (χ4n) is 1.67. The van der Waals surface area contributed by atoms with E-state index in [-0.39, 0.29) is 6.42 Å². The number of benzene rings is 2. The van der Waals surface area contributed by atoms with Crippen molar-refractivity contribution in [2.24, 2.45) is 0 Å². The number of carboxylic acid groups (broad SMARTS) is 1. The highest BCUT2D eigenvalue weighted by molar-refractivity contribution is 5.70. The Morgan fingerprint density at radius 3 is 1.80 bits per heavy atom. The Morgan fingerprint density at radius 1 is 0.960 bits per heavy atom. The van der Waals surface area contributed by atoms with E-state index in [0.717, 1.165) is 16.7 Å². The van der Waals surface area contributed by atoms with Crippen molar-refractivity contribution < 1.29 is 9.90 Å². The van der Waals surface area contributed by atoms with Gasteiger partial charge < -0.3 is 5.11 Å². The zero-order chi connectivity index (χ0) is 19.1. The lowest BCUT2D eigenvalue weighted by Gasteiger charge is -1.96. The third-order valence-corrected chi connectivity index (χ3v) is 3.12. The van der Waals surface area contributed by atoms with E-state index in [1.165, 1.54) is 5.56 Å². The summed E-state index contributed by atoms with van der Waals surface area (Å²) in [7, 11) is 0. The molecule has 0 radical (unpaired) electrons. The fourth-order valence-corrected chi connectivity index (χ4v) is 1.67. The second kappa shape index (κ2) is 13.6. The minimum atomic E-state index is -0.783. The molecule has 0 unspecified atom stereocenters. The van der Waals surface area contributed by atoms with E-state index in [1.807, 2.05) is 62.4 Å². The summed E-state index contributed by atoms with van der Waals surface area (Å²) in [6.45, 7) is 13.1. The molecule has 0 spiro atoms. The van der Waals surface area contributed by atoms with E-state index in [2.05, 4.69) is 32.2 Å². The van der Waals surface area contributed by atoms with Gasteiger partial charge in [0.1, 0.15) is 0 Å².